The molecular formula is C22H22F2N4O4S. The van der Waals surface area contributed by atoms with Gasteiger partial charge in [-0.1, -0.05) is 25.1 Å². The van der Waals surface area contributed by atoms with Crippen molar-refractivity contribution in [3.8, 4) is 17.1 Å². The summed E-state index contributed by atoms with van der Waals surface area (Å²) in [7, 11) is -3.88. The Morgan fingerprint density at radius 3 is 2.70 bits per heavy atom. The zero-order valence-corrected chi connectivity index (χ0v) is 18.7. The highest BCUT2D eigenvalue weighted by molar-refractivity contribution is 7.93. The number of sulfonamides is 1. The van der Waals surface area contributed by atoms with E-state index in [0.29, 0.717) is 23.4 Å². The van der Waals surface area contributed by atoms with Crippen LogP contribution >= 0.6 is 0 Å². The fraction of sp³-hybridized carbons (Fsp3) is 0.318. The number of pyridine rings is 1. The number of aromatic nitrogens is 3. The van der Waals surface area contributed by atoms with Gasteiger partial charge >= 0.3 is 6.61 Å². The number of alkyl halides is 2. The average Bonchev–Trinajstić information content (AvgIpc) is 3.27. The van der Waals surface area contributed by atoms with Crippen molar-refractivity contribution in [3.05, 3.63) is 64.6 Å². The maximum absolute atomic E-state index is 13.2. The third kappa shape index (κ3) is 5.25. The zero-order chi connectivity index (χ0) is 23.6. The van der Waals surface area contributed by atoms with E-state index in [1.54, 1.807) is 36.7 Å². The lowest BCUT2D eigenvalue weighted by atomic mass is 9.97. The van der Waals surface area contributed by atoms with Crippen molar-refractivity contribution in [2.45, 2.75) is 39.3 Å². The minimum Gasteiger partial charge on any atom is -0.435 e. The van der Waals surface area contributed by atoms with Crippen LogP contribution in [0.2, 0.25) is 0 Å². The second-order valence-electron chi connectivity index (χ2n) is 7.89. The van der Waals surface area contributed by atoms with E-state index in [0.717, 1.165) is 5.56 Å². The Labute approximate surface area is 189 Å². The van der Waals surface area contributed by atoms with E-state index in [-0.39, 0.29) is 28.9 Å². The van der Waals surface area contributed by atoms with Crippen molar-refractivity contribution in [3.63, 3.8) is 0 Å². The molecule has 4 rings (SSSR count). The van der Waals surface area contributed by atoms with Gasteiger partial charge in [0.25, 0.3) is 0 Å². The largest absolute Gasteiger partial charge is 0.435 e. The maximum atomic E-state index is 13.2. The molecule has 0 bridgehead atoms. The molecule has 2 aromatic heterocycles. The number of nitrogens with zero attached hydrogens (tertiary/aromatic N) is 3. The first-order valence-electron chi connectivity index (χ1n) is 10.3. The molecule has 2 heterocycles. The molecule has 0 saturated heterocycles. The van der Waals surface area contributed by atoms with Crippen molar-refractivity contribution in [1.29, 1.82) is 0 Å². The summed E-state index contributed by atoms with van der Waals surface area (Å²) in [6, 6.07) is 7.24. The molecule has 1 N–H and O–H groups in total. The van der Waals surface area contributed by atoms with Crippen LogP contribution in [0.3, 0.4) is 0 Å². The third-order valence-electron chi connectivity index (χ3n) is 5.22. The molecule has 1 aromatic carbocycles. The summed E-state index contributed by atoms with van der Waals surface area (Å²) in [5.41, 5.74) is 2.03. The topological polar surface area (TPSA) is 107 Å². The number of halogens is 2. The maximum Gasteiger partial charge on any atom is 0.387 e. The summed E-state index contributed by atoms with van der Waals surface area (Å²) in [6.07, 6.45) is 5.35. The van der Waals surface area contributed by atoms with Crippen LogP contribution in [0.15, 0.2) is 52.2 Å². The average molecular weight is 477 g/mol. The molecule has 1 atom stereocenters. The summed E-state index contributed by atoms with van der Waals surface area (Å²) < 4.78 is 63.7. The van der Waals surface area contributed by atoms with Crippen LogP contribution < -0.4 is 9.46 Å². The molecule has 1 unspecified atom stereocenters. The standard InChI is InChI=1S/C22H22F2N4O4S/c1-13(2)19(21-26-20(27-32-21)16-4-3-9-25-12-16)28-33(29,30)18-8-6-14-10-17(31-22(23)24)7-5-15(14)11-18/h3-5,7,9-13,19,22,28H,6,8H2,1-2H3. The Bertz CT molecular complexity index is 1260. The molecule has 174 valence electrons. The molecule has 3 aromatic rings. The number of aryl methyl sites for hydroxylation is 1. The number of rotatable bonds is 8. The van der Waals surface area contributed by atoms with E-state index in [1.165, 1.54) is 12.1 Å². The van der Waals surface area contributed by atoms with E-state index >= 15 is 0 Å². The number of fused-ring (bicyclic) bond motifs is 1. The second kappa shape index (κ2) is 9.36. The predicted octanol–water partition coefficient (Wildman–Crippen LogP) is 4.34. The van der Waals surface area contributed by atoms with Crippen LogP contribution in [0.5, 0.6) is 5.75 Å². The molecule has 0 saturated carbocycles. The summed E-state index contributed by atoms with van der Waals surface area (Å²) >= 11 is 0. The predicted molar refractivity (Wildman–Crippen MR) is 117 cm³/mol. The molecule has 11 heteroatoms. The van der Waals surface area contributed by atoms with Gasteiger partial charge in [0.05, 0.1) is 4.91 Å². The molecule has 1 aliphatic rings. The number of hydrogen-bond donors (Lipinski definition) is 1. The third-order valence-corrected chi connectivity index (χ3v) is 6.79. The Morgan fingerprint density at radius 1 is 1.18 bits per heavy atom. The second-order valence-corrected chi connectivity index (χ2v) is 9.66. The van der Waals surface area contributed by atoms with Gasteiger partial charge in [-0.15, -0.1) is 0 Å². The summed E-state index contributed by atoms with van der Waals surface area (Å²) in [5, 5.41) is 3.95. The molecule has 33 heavy (non-hydrogen) atoms. The van der Waals surface area contributed by atoms with Crippen LogP contribution in [0.4, 0.5) is 8.78 Å². The molecule has 1 aliphatic carbocycles. The lowest BCUT2D eigenvalue weighted by molar-refractivity contribution is -0.0498. The van der Waals surface area contributed by atoms with E-state index in [2.05, 4.69) is 24.6 Å². The highest BCUT2D eigenvalue weighted by atomic mass is 32.2. The summed E-state index contributed by atoms with van der Waals surface area (Å²) in [4.78, 5) is 8.57. The number of hydrogen-bond acceptors (Lipinski definition) is 7. The quantitative estimate of drug-likeness (QED) is 0.515. The van der Waals surface area contributed by atoms with Crippen molar-refractivity contribution in [2.75, 3.05) is 0 Å². The first-order chi connectivity index (χ1) is 15.7. The Hall–Kier alpha value is -3.18. The van der Waals surface area contributed by atoms with Crippen molar-refractivity contribution < 1.29 is 26.5 Å². The van der Waals surface area contributed by atoms with E-state index in [1.807, 2.05) is 13.8 Å². The van der Waals surface area contributed by atoms with Gasteiger partial charge in [0.1, 0.15) is 11.8 Å². The van der Waals surface area contributed by atoms with Gasteiger partial charge in [-0.05, 0) is 60.2 Å². The first-order valence-corrected chi connectivity index (χ1v) is 11.8. The van der Waals surface area contributed by atoms with Crippen molar-refractivity contribution in [1.82, 2.24) is 19.8 Å². The summed E-state index contributed by atoms with van der Waals surface area (Å²) in [6.45, 7) is 0.769. The molecule has 0 fully saturated rings. The SMILES string of the molecule is CC(C)C(NS(=O)(=O)C1=Cc2ccc(OC(F)F)cc2CC1)c1nc(-c2cccnc2)no1. The fourth-order valence-electron chi connectivity index (χ4n) is 3.52. The number of nitrogens with one attached hydrogen (secondary N) is 1. The zero-order valence-electron chi connectivity index (χ0n) is 17.9. The van der Waals surface area contributed by atoms with Crippen LogP contribution in [-0.2, 0) is 16.4 Å². The fourth-order valence-corrected chi connectivity index (χ4v) is 5.03. The van der Waals surface area contributed by atoms with E-state index < -0.39 is 22.7 Å². The number of ether oxygens (including phenoxy) is 1. The first kappa shape index (κ1) is 23.0. The number of allylic oxidation sites excluding steroid dienone is 1. The van der Waals surface area contributed by atoms with Gasteiger partial charge in [-0.25, -0.2) is 8.42 Å². The molecule has 8 nitrogen and oxygen atoms in total. The molecule has 0 radical (unpaired) electrons. The minimum absolute atomic E-state index is 0.0438. The smallest absolute Gasteiger partial charge is 0.387 e. The normalized spacial score (nSPS) is 14.8. The van der Waals surface area contributed by atoms with Crippen LogP contribution in [0.25, 0.3) is 17.5 Å². The van der Waals surface area contributed by atoms with E-state index in [4.69, 9.17) is 4.52 Å². The van der Waals surface area contributed by atoms with Gasteiger partial charge in [-0.3, -0.25) is 4.98 Å². The van der Waals surface area contributed by atoms with Crippen molar-refractivity contribution in [2.24, 2.45) is 5.92 Å². The van der Waals surface area contributed by atoms with Gasteiger partial charge in [0.15, 0.2) is 0 Å². The van der Waals surface area contributed by atoms with E-state index in [9.17, 15) is 17.2 Å². The lowest BCUT2D eigenvalue weighted by Gasteiger charge is -2.22. The van der Waals surface area contributed by atoms with Gasteiger partial charge in [0, 0.05) is 18.0 Å². The molecule has 0 amide bonds. The van der Waals surface area contributed by atoms with Crippen LogP contribution in [0, 0.1) is 5.92 Å². The van der Waals surface area contributed by atoms with Gasteiger partial charge in [0.2, 0.25) is 21.7 Å². The van der Waals surface area contributed by atoms with Gasteiger partial charge in [-0.2, -0.15) is 18.5 Å². The Balaban J connectivity index is 1.57. The van der Waals surface area contributed by atoms with Crippen molar-refractivity contribution >= 4 is 16.1 Å². The molecule has 0 aliphatic heterocycles. The Kier molecular flexibility index (Phi) is 6.52. The Morgan fingerprint density at radius 2 is 2.00 bits per heavy atom. The molecule has 0 spiro atoms. The number of benzene rings is 1. The van der Waals surface area contributed by atoms with Crippen LogP contribution in [0.1, 0.15) is 43.3 Å². The van der Waals surface area contributed by atoms with Crippen LogP contribution in [-0.4, -0.2) is 30.2 Å². The summed E-state index contributed by atoms with van der Waals surface area (Å²) in [5.74, 6) is 0.336. The molecular weight excluding hydrogens is 454 g/mol. The lowest BCUT2D eigenvalue weighted by Crippen LogP contribution is -2.33. The monoisotopic (exact) mass is 476 g/mol. The van der Waals surface area contributed by atoms with Gasteiger partial charge < -0.3 is 9.26 Å². The highest BCUT2D eigenvalue weighted by Crippen LogP contribution is 2.32. The highest BCUT2D eigenvalue weighted by Gasteiger charge is 2.31. The minimum atomic E-state index is -3.88.